The number of Topliss-reactive ketones (excluding diaryl/α,β-unsaturated/α-hetero) is 1. The van der Waals surface area contributed by atoms with E-state index in [0.717, 1.165) is 42.1 Å². The van der Waals surface area contributed by atoms with E-state index in [-0.39, 0.29) is 5.78 Å². The van der Waals surface area contributed by atoms with Gasteiger partial charge < -0.3 is 14.6 Å². The van der Waals surface area contributed by atoms with Crippen LogP contribution < -0.4 is 10.2 Å². The van der Waals surface area contributed by atoms with Gasteiger partial charge in [-0.3, -0.25) is 9.78 Å². The number of piperazine rings is 1. The second-order valence-corrected chi connectivity index (χ2v) is 8.10. The number of hydrogen-bond acceptors (Lipinski definition) is 5. The lowest BCUT2D eigenvalue weighted by Gasteiger charge is -2.34. The SMILES string of the molecule is CCC(=O)/C(=C\c1ccc(N2CCN[C@H](C)C2)cc1C)c1cn2cc(C)ncc2n1. The van der Waals surface area contributed by atoms with Crippen molar-refractivity contribution < 1.29 is 4.79 Å². The molecule has 1 aromatic carbocycles. The summed E-state index contributed by atoms with van der Waals surface area (Å²) < 4.78 is 1.93. The van der Waals surface area contributed by atoms with Gasteiger partial charge in [-0.1, -0.05) is 13.0 Å². The van der Waals surface area contributed by atoms with Crippen molar-refractivity contribution in [2.24, 2.45) is 0 Å². The molecule has 1 saturated heterocycles. The van der Waals surface area contributed by atoms with E-state index >= 15 is 0 Å². The van der Waals surface area contributed by atoms with Crippen molar-refractivity contribution in [1.29, 1.82) is 0 Å². The Labute approximate surface area is 177 Å². The van der Waals surface area contributed by atoms with Crippen LogP contribution in [0.2, 0.25) is 0 Å². The van der Waals surface area contributed by atoms with Crippen LogP contribution in [0, 0.1) is 13.8 Å². The number of fused-ring (bicyclic) bond motifs is 1. The van der Waals surface area contributed by atoms with Crippen LogP contribution in [-0.4, -0.2) is 45.8 Å². The molecule has 0 unspecified atom stereocenters. The van der Waals surface area contributed by atoms with E-state index in [0.29, 0.717) is 23.7 Å². The molecule has 6 nitrogen and oxygen atoms in total. The van der Waals surface area contributed by atoms with Gasteiger partial charge in [-0.15, -0.1) is 0 Å². The van der Waals surface area contributed by atoms with Gasteiger partial charge in [-0.05, 0) is 50.1 Å². The molecule has 6 heteroatoms. The molecular formula is C24H29N5O. The number of nitrogens with zero attached hydrogens (tertiary/aromatic N) is 4. The number of ketones is 1. The molecule has 30 heavy (non-hydrogen) atoms. The van der Waals surface area contributed by atoms with Gasteiger partial charge in [0.1, 0.15) is 0 Å². The molecule has 0 aliphatic carbocycles. The fraction of sp³-hybridized carbons (Fsp3) is 0.375. The quantitative estimate of drug-likeness (QED) is 0.659. The number of nitrogens with one attached hydrogen (secondary N) is 1. The molecule has 4 rings (SSSR count). The first kappa shape index (κ1) is 20.3. The van der Waals surface area contributed by atoms with Crippen molar-refractivity contribution in [3.05, 3.63) is 59.3 Å². The van der Waals surface area contributed by atoms with Crippen LogP contribution >= 0.6 is 0 Å². The highest BCUT2D eigenvalue weighted by molar-refractivity contribution is 6.24. The van der Waals surface area contributed by atoms with Gasteiger partial charge in [0.2, 0.25) is 0 Å². The van der Waals surface area contributed by atoms with Gasteiger partial charge >= 0.3 is 0 Å². The molecule has 0 amide bonds. The highest BCUT2D eigenvalue weighted by atomic mass is 16.1. The van der Waals surface area contributed by atoms with Gasteiger partial charge in [0.05, 0.1) is 17.6 Å². The van der Waals surface area contributed by atoms with Gasteiger partial charge in [0.15, 0.2) is 11.4 Å². The summed E-state index contributed by atoms with van der Waals surface area (Å²) in [5.41, 5.74) is 6.42. The Kier molecular flexibility index (Phi) is 5.68. The molecule has 1 N–H and O–H groups in total. The summed E-state index contributed by atoms with van der Waals surface area (Å²) >= 11 is 0. The maximum atomic E-state index is 12.8. The zero-order chi connectivity index (χ0) is 21.3. The Balaban J connectivity index is 1.70. The molecule has 0 saturated carbocycles. The smallest absolute Gasteiger partial charge is 0.164 e. The first-order valence-electron chi connectivity index (χ1n) is 10.6. The fourth-order valence-electron chi connectivity index (χ4n) is 3.96. The second kappa shape index (κ2) is 8.40. The summed E-state index contributed by atoms with van der Waals surface area (Å²) in [7, 11) is 0. The molecule has 3 aromatic rings. The van der Waals surface area contributed by atoms with Gasteiger partial charge in [-0.25, -0.2) is 4.98 Å². The van der Waals surface area contributed by atoms with Gasteiger partial charge in [-0.2, -0.15) is 0 Å². The number of hydrogen-bond donors (Lipinski definition) is 1. The van der Waals surface area contributed by atoms with Crippen LogP contribution in [0.25, 0.3) is 17.3 Å². The number of carbonyl (C=O) groups excluding carboxylic acids is 1. The van der Waals surface area contributed by atoms with Crippen molar-refractivity contribution in [2.75, 3.05) is 24.5 Å². The minimum absolute atomic E-state index is 0.0856. The van der Waals surface area contributed by atoms with E-state index < -0.39 is 0 Å². The summed E-state index contributed by atoms with van der Waals surface area (Å²) in [6.45, 7) is 11.2. The van der Waals surface area contributed by atoms with E-state index in [1.165, 1.54) is 5.69 Å². The number of benzene rings is 1. The number of anilines is 1. The Bertz CT molecular complexity index is 1110. The van der Waals surface area contributed by atoms with Crippen LogP contribution in [0.15, 0.2) is 36.8 Å². The number of aromatic nitrogens is 3. The maximum absolute atomic E-state index is 12.8. The molecule has 1 fully saturated rings. The van der Waals surface area contributed by atoms with E-state index in [9.17, 15) is 4.79 Å². The molecular weight excluding hydrogens is 374 g/mol. The van der Waals surface area contributed by atoms with Crippen LogP contribution in [0.3, 0.4) is 0 Å². The summed E-state index contributed by atoms with van der Waals surface area (Å²) in [5.74, 6) is 0.0856. The average molecular weight is 404 g/mol. The predicted molar refractivity (Wildman–Crippen MR) is 122 cm³/mol. The Morgan fingerprint density at radius 3 is 2.87 bits per heavy atom. The van der Waals surface area contributed by atoms with Gasteiger partial charge in [0, 0.05) is 55.8 Å². The van der Waals surface area contributed by atoms with Crippen molar-refractivity contribution in [3.63, 3.8) is 0 Å². The Morgan fingerprint density at radius 1 is 1.30 bits per heavy atom. The van der Waals surface area contributed by atoms with Crippen molar-refractivity contribution in [3.8, 4) is 0 Å². The molecule has 2 aromatic heterocycles. The third kappa shape index (κ3) is 4.14. The molecule has 1 aliphatic rings. The first-order valence-corrected chi connectivity index (χ1v) is 10.6. The van der Waals surface area contributed by atoms with Crippen LogP contribution in [0.5, 0.6) is 0 Å². The number of rotatable bonds is 5. The van der Waals surface area contributed by atoms with E-state index in [1.54, 1.807) is 6.20 Å². The zero-order valence-corrected chi connectivity index (χ0v) is 18.1. The lowest BCUT2D eigenvalue weighted by atomic mass is 9.99. The molecule has 0 bridgehead atoms. The van der Waals surface area contributed by atoms with Crippen molar-refractivity contribution in [1.82, 2.24) is 19.7 Å². The maximum Gasteiger partial charge on any atom is 0.164 e. The molecule has 1 atom stereocenters. The molecule has 0 spiro atoms. The lowest BCUT2D eigenvalue weighted by molar-refractivity contribution is -0.113. The first-order chi connectivity index (χ1) is 14.4. The number of aryl methyl sites for hydroxylation is 2. The highest BCUT2D eigenvalue weighted by Gasteiger charge is 2.18. The topological polar surface area (TPSA) is 62.5 Å². The van der Waals surface area contributed by atoms with Crippen LogP contribution in [0.1, 0.15) is 42.8 Å². The van der Waals surface area contributed by atoms with E-state index in [2.05, 4.69) is 52.2 Å². The number of allylic oxidation sites excluding steroid dienone is 1. The van der Waals surface area contributed by atoms with Crippen LogP contribution in [-0.2, 0) is 4.79 Å². The van der Waals surface area contributed by atoms with E-state index in [1.807, 2.05) is 36.7 Å². The normalized spacial score (nSPS) is 17.5. The minimum Gasteiger partial charge on any atom is -0.369 e. The second-order valence-electron chi connectivity index (χ2n) is 8.10. The monoisotopic (exact) mass is 403 g/mol. The van der Waals surface area contributed by atoms with Crippen molar-refractivity contribution >= 4 is 28.8 Å². The molecule has 156 valence electrons. The third-order valence-electron chi connectivity index (χ3n) is 5.66. The zero-order valence-electron chi connectivity index (χ0n) is 18.1. The van der Waals surface area contributed by atoms with E-state index in [4.69, 9.17) is 0 Å². The lowest BCUT2D eigenvalue weighted by Crippen LogP contribution is -2.49. The summed E-state index contributed by atoms with van der Waals surface area (Å²) in [6, 6.07) is 6.97. The standard InChI is InChI=1S/C24H29N5O/c1-5-23(30)21(22-15-29-14-18(4)26-12-24(29)27-22)11-19-6-7-20(10-16(19)2)28-9-8-25-17(3)13-28/h6-7,10-12,14-15,17,25H,5,8-9,13H2,1-4H3/b21-11-/t17-/m1/s1. The summed E-state index contributed by atoms with van der Waals surface area (Å²) in [4.78, 5) is 24.1. The minimum atomic E-state index is 0.0856. The predicted octanol–water partition coefficient (Wildman–Crippen LogP) is 3.66. The number of carbonyl (C=O) groups is 1. The summed E-state index contributed by atoms with van der Waals surface area (Å²) in [5, 5.41) is 3.48. The molecule has 3 heterocycles. The molecule has 1 aliphatic heterocycles. The highest BCUT2D eigenvalue weighted by Crippen LogP contribution is 2.26. The fourth-order valence-corrected chi connectivity index (χ4v) is 3.96. The largest absolute Gasteiger partial charge is 0.369 e. The van der Waals surface area contributed by atoms with Crippen molar-refractivity contribution in [2.45, 2.75) is 40.2 Å². The Hall–Kier alpha value is -2.99. The Morgan fingerprint density at radius 2 is 2.13 bits per heavy atom. The van der Waals surface area contributed by atoms with Gasteiger partial charge in [0.25, 0.3) is 0 Å². The third-order valence-corrected chi connectivity index (χ3v) is 5.66. The average Bonchev–Trinajstić information content (AvgIpc) is 3.15. The summed E-state index contributed by atoms with van der Waals surface area (Å²) in [6.07, 6.45) is 7.99. The number of imidazole rings is 1. The van der Waals surface area contributed by atoms with Crippen LogP contribution in [0.4, 0.5) is 5.69 Å². The molecule has 0 radical (unpaired) electrons.